The van der Waals surface area contributed by atoms with Crippen LogP contribution in [-0.2, 0) is 32.6 Å². The van der Waals surface area contributed by atoms with Gasteiger partial charge in [-0.15, -0.1) is 0 Å². The van der Waals surface area contributed by atoms with Crippen LogP contribution >= 0.6 is 23.2 Å². The summed E-state index contributed by atoms with van der Waals surface area (Å²) in [6.45, 7) is 1.46. The van der Waals surface area contributed by atoms with Crippen LogP contribution in [0.5, 0.6) is 5.75 Å². The van der Waals surface area contributed by atoms with E-state index in [2.05, 4.69) is 5.32 Å². The number of carbonyl (C=O) groups is 2. The number of hydrogen-bond donors (Lipinski definition) is 1. The van der Waals surface area contributed by atoms with Gasteiger partial charge in [-0.25, -0.2) is 8.42 Å². The van der Waals surface area contributed by atoms with Crippen LogP contribution in [0.2, 0.25) is 10.0 Å². The molecule has 8 nitrogen and oxygen atoms in total. The monoisotopic (exact) mass is 591 g/mol. The largest absolute Gasteiger partial charge is 0.497 e. The molecule has 3 rings (SSSR count). The Kier molecular flexibility index (Phi) is 10.6. The number of benzene rings is 3. The highest BCUT2D eigenvalue weighted by Crippen LogP contribution is 2.28. The highest BCUT2D eigenvalue weighted by atomic mass is 35.5. The van der Waals surface area contributed by atoms with E-state index in [4.69, 9.17) is 27.9 Å². The smallest absolute Gasteiger partial charge is 0.244 e. The van der Waals surface area contributed by atoms with Crippen LogP contribution in [0.25, 0.3) is 0 Å². The van der Waals surface area contributed by atoms with Gasteiger partial charge in [0.25, 0.3) is 0 Å². The molecular formula is C28H31Cl2N3O5S. The topological polar surface area (TPSA) is 96.0 Å². The van der Waals surface area contributed by atoms with Gasteiger partial charge in [-0.05, 0) is 36.8 Å². The number of nitrogens with zero attached hydrogens (tertiary/aromatic N) is 2. The van der Waals surface area contributed by atoms with Gasteiger partial charge in [0.05, 0.1) is 19.1 Å². The number of amides is 2. The molecule has 0 aliphatic heterocycles. The molecule has 0 saturated carbocycles. The second-order valence-corrected chi connectivity index (χ2v) is 11.5. The molecule has 0 fully saturated rings. The van der Waals surface area contributed by atoms with Crippen LogP contribution < -0.4 is 14.4 Å². The molecule has 0 radical (unpaired) electrons. The number of anilines is 1. The maximum Gasteiger partial charge on any atom is 0.244 e. The molecule has 11 heteroatoms. The van der Waals surface area contributed by atoms with Gasteiger partial charge in [-0.2, -0.15) is 0 Å². The summed E-state index contributed by atoms with van der Waals surface area (Å²) < 4.78 is 31.9. The average molecular weight is 593 g/mol. The maximum atomic E-state index is 14.0. The zero-order valence-corrected chi connectivity index (χ0v) is 24.3. The summed E-state index contributed by atoms with van der Waals surface area (Å²) in [4.78, 5) is 28.7. The molecule has 1 N–H and O–H groups in total. The summed E-state index contributed by atoms with van der Waals surface area (Å²) in [6, 6.07) is 19.6. The standard InChI is InChI=1S/C28H31Cl2N3O5S/c1-4-31-28(35)26(16-20-10-6-5-7-11-20)32(18-23-24(29)14-9-15-25(23)30)27(34)19-33(39(3,36)37)21-12-8-13-22(17-21)38-2/h5-15,17,26H,4,16,18-19H2,1-3H3,(H,31,35). The number of sulfonamides is 1. The third kappa shape index (κ3) is 8.11. The van der Waals surface area contributed by atoms with Gasteiger partial charge >= 0.3 is 0 Å². The number of rotatable bonds is 12. The van der Waals surface area contributed by atoms with Gasteiger partial charge in [-0.1, -0.05) is 65.7 Å². The SMILES string of the molecule is CCNC(=O)C(Cc1ccccc1)N(Cc1c(Cl)cccc1Cl)C(=O)CN(c1cccc(OC)c1)S(C)(=O)=O. The van der Waals surface area contributed by atoms with E-state index in [1.807, 2.05) is 30.3 Å². The van der Waals surface area contributed by atoms with Gasteiger partial charge in [0.15, 0.2) is 0 Å². The van der Waals surface area contributed by atoms with Crippen molar-refractivity contribution in [2.75, 3.05) is 30.8 Å². The van der Waals surface area contributed by atoms with Crippen LogP contribution in [0, 0.1) is 0 Å². The first-order valence-corrected chi connectivity index (χ1v) is 14.8. The van der Waals surface area contributed by atoms with Crippen molar-refractivity contribution in [3.63, 3.8) is 0 Å². The van der Waals surface area contributed by atoms with Crippen LogP contribution in [0.4, 0.5) is 5.69 Å². The quantitative estimate of drug-likeness (QED) is 0.333. The first kappa shape index (κ1) is 30.3. The summed E-state index contributed by atoms with van der Waals surface area (Å²) in [6.07, 6.45) is 1.21. The van der Waals surface area contributed by atoms with Gasteiger partial charge < -0.3 is 15.0 Å². The number of methoxy groups -OCH3 is 1. The fraction of sp³-hybridized carbons (Fsp3) is 0.286. The number of carbonyl (C=O) groups excluding carboxylic acids is 2. The fourth-order valence-corrected chi connectivity index (χ4v) is 5.44. The lowest BCUT2D eigenvalue weighted by molar-refractivity contribution is -0.140. The first-order valence-electron chi connectivity index (χ1n) is 12.2. The number of halogens is 2. The molecular weight excluding hydrogens is 561 g/mol. The molecule has 39 heavy (non-hydrogen) atoms. The molecule has 0 saturated heterocycles. The van der Waals surface area contributed by atoms with E-state index >= 15 is 0 Å². The van der Waals surface area contributed by atoms with Crippen molar-refractivity contribution in [2.24, 2.45) is 0 Å². The Morgan fingerprint density at radius 2 is 1.62 bits per heavy atom. The van der Waals surface area contributed by atoms with Gasteiger partial charge in [0.2, 0.25) is 21.8 Å². The molecule has 0 spiro atoms. The minimum absolute atomic E-state index is 0.109. The minimum Gasteiger partial charge on any atom is -0.497 e. The molecule has 2 amide bonds. The molecule has 1 atom stereocenters. The predicted octanol–water partition coefficient (Wildman–Crippen LogP) is 4.54. The van der Waals surface area contributed by atoms with Crippen molar-refractivity contribution in [2.45, 2.75) is 25.9 Å². The summed E-state index contributed by atoms with van der Waals surface area (Å²) in [7, 11) is -2.44. The molecule has 0 bridgehead atoms. The van der Waals surface area contributed by atoms with Crippen LogP contribution in [-0.4, -0.2) is 57.6 Å². The molecule has 3 aromatic carbocycles. The van der Waals surface area contributed by atoms with E-state index in [9.17, 15) is 18.0 Å². The van der Waals surface area contributed by atoms with Crippen LogP contribution in [0.3, 0.4) is 0 Å². The van der Waals surface area contributed by atoms with Crippen molar-refractivity contribution in [1.29, 1.82) is 0 Å². The van der Waals surface area contributed by atoms with Crippen molar-refractivity contribution in [3.05, 3.63) is 94.0 Å². The highest BCUT2D eigenvalue weighted by Gasteiger charge is 2.33. The molecule has 3 aromatic rings. The third-order valence-corrected chi connectivity index (χ3v) is 7.88. The number of hydrogen-bond acceptors (Lipinski definition) is 5. The maximum absolute atomic E-state index is 14.0. The zero-order chi connectivity index (χ0) is 28.6. The van der Waals surface area contributed by atoms with Gasteiger partial charge in [0, 0.05) is 41.2 Å². The Balaban J connectivity index is 2.09. The zero-order valence-electron chi connectivity index (χ0n) is 21.9. The number of ether oxygens (including phenoxy) is 1. The predicted molar refractivity (Wildman–Crippen MR) is 155 cm³/mol. The molecule has 0 heterocycles. The molecule has 0 aliphatic carbocycles. The molecule has 0 aliphatic rings. The Morgan fingerprint density at radius 1 is 0.974 bits per heavy atom. The van der Waals surface area contributed by atoms with Crippen molar-refractivity contribution < 1.29 is 22.7 Å². The van der Waals surface area contributed by atoms with Gasteiger partial charge in [0.1, 0.15) is 18.3 Å². The number of likely N-dealkylation sites (N-methyl/N-ethyl adjacent to an activating group) is 1. The second-order valence-electron chi connectivity index (χ2n) is 8.79. The average Bonchev–Trinajstić information content (AvgIpc) is 2.90. The van der Waals surface area contributed by atoms with E-state index in [0.717, 1.165) is 16.1 Å². The van der Waals surface area contributed by atoms with Crippen LogP contribution in [0.1, 0.15) is 18.1 Å². The summed E-state index contributed by atoms with van der Waals surface area (Å²) >= 11 is 12.9. The minimum atomic E-state index is -3.90. The first-order chi connectivity index (χ1) is 18.5. The summed E-state index contributed by atoms with van der Waals surface area (Å²) in [5, 5.41) is 3.44. The lowest BCUT2D eigenvalue weighted by Gasteiger charge is -2.33. The fourth-order valence-electron chi connectivity index (χ4n) is 4.08. The van der Waals surface area contributed by atoms with Crippen molar-refractivity contribution in [3.8, 4) is 5.75 Å². The Labute approximate surface area is 239 Å². The molecule has 208 valence electrons. The van der Waals surface area contributed by atoms with E-state index in [1.165, 1.54) is 18.1 Å². The summed E-state index contributed by atoms with van der Waals surface area (Å²) in [5.74, 6) is -0.561. The van der Waals surface area contributed by atoms with Gasteiger partial charge in [-0.3, -0.25) is 13.9 Å². The summed E-state index contributed by atoms with van der Waals surface area (Å²) in [5.41, 5.74) is 1.52. The van der Waals surface area contributed by atoms with E-state index < -0.39 is 28.5 Å². The van der Waals surface area contributed by atoms with E-state index in [0.29, 0.717) is 27.9 Å². The van der Waals surface area contributed by atoms with E-state index in [-0.39, 0.29) is 24.6 Å². The lowest BCUT2D eigenvalue weighted by Crippen LogP contribution is -2.53. The lowest BCUT2D eigenvalue weighted by atomic mass is 10.0. The number of nitrogens with one attached hydrogen (secondary N) is 1. The van der Waals surface area contributed by atoms with Crippen LogP contribution in [0.15, 0.2) is 72.8 Å². The molecule has 0 aromatic heterocycles. The Hall–Kier alpha value is -3.27. The second kappa shape index (κ2) is 13.7. The third-order valence-electron chi connectivity index (χ3n) is 6.03. The Bertz CT molecular complexity index is 1380. The normalized spacial score (nSPS) is 11.9. The highest BCUT2D eigenvalue weighted by molar-refractivity contribution is 7.92. The molecule has 1 unspecified atom stereocenters. The Morgan fingerprint density at radius 3 is 2.21 bits per heavy atom. The van der Waals surface area contributed by atoms with E-state index in [1.54, 1.807) is 43.3 Å². The van der Waals surface area contributed by atoms with Crippen molar-refractivity contribution >= 4 is 50.7 Å². The van der Waals surface area contributed by atoms with Crippen molar-refractivity contribution in [1.82, 2.24) is 10.2 Å².